The maximum atomic E-state index is 2.55. The maximum Gasteiger partial charge on any atom is -0.0234 e. The summed E-state index contributed by atoms with van der Waals surface area (Å²) in [6.07, 6.45) is 25.1. The van der Waals surface area contributed by atoms with Crippen molar-refractivity contribution in [3.8, 4) is 0 Å². The second kappa shape index (κ2) is 14.4. The van der Waals surface area contributed by atoms with Crippen LogP contribution in [0.3, 0.4) is 0 Å². The number of hydrogen-bond acceptors (Lipinski definition) is 0. The Morgan fingerprint density at radius 1 is 0.789 bits per heavy atom. The molecule has 1 aliphatic carbocycles. The fourth-order valence-corrected chi connectivity index (χ4v) is 3.01. The Morgan fingerprint density at radius 2 is 1.37 bits per heavy atom. The average Bonchev–Trinajstić information content (AvgIpc) is 2.51. The van der Waals surface area contributed by atoms with E-state index in [1.54, 1.807) is 0 Å². The van der Waals surface area contributed by atoms with Gasteiger partial charge in [0.25, 0.3) is 0 Å². The van der Waals surface area contributed by atoms with Gasteiger partial charge in [-0.3, -0.25) is 0 Å². The Bertz CT molecular complexity index is 188. The Hall–Kier alpha value is 0.0300. The van der Waals surface area contributed by atoms with Gasteiger partial charge >= 0.3 is 0 Å². The first kappa shape index (κ1) is 19.0. The second-order valence-corrected chi connectivity index (χ2v) is 6.09. The summed E-state index contributed by atoms with van der Waals surface area (Å²) >= 11 is 0. The first-order chi connectivity index (χ1) is 8.93. The third-order valence-corrected chi connectivity index (χ3v) is 4.28. The van der Waals surface area contributed by atoms with Crippen molar-refractivity contribution in [2.75, 3.05) is 0 Å². The van der Waals surface area contributed by atoms with Gasteiger partial charge in [0.05, 0.1) is 0 Å². The molecular weight excluding hydrogens is 252 g/mol. The fraction of sp³-hybridized carbons (Fsp3) is 0.889. The Labute approximate surface area is 127 Å². The van der Waals surface area contributed by atoms with E-state index in [0.717, 1.165) is 5.92 Å². The molecule has 1 heteroatoms. The van der Waals surface area contributed by atoms with Crippen molar-refractivity contribution in [1.82, 2.24) is 0 Å². The molecule has 0 N–H and O–H groups in total. The van der Waals surface area contributed by atoms with Gasteiger partial charge in [-0.05, 0) is 31.6 Å². The molecule has 0 amide bonds. The zero-order chi connectivity index (χ0) is 12.9. The average molecular weight is 287 g/mol. The van der Waals surface area contributed by atoms with Gasteiger partial charge in [-0.15, -0.1) is 12.4 Å². The summed E-state index contributed by atoms with van der Waals surface area (Å²) in [7, 11) is 0. The van der Waals surface area contributed by atoms with Gasteiger partial charge in [0, 0.05) is 0 Å². The number of allylic oxidation sites excluding steroid dienone is 2. The quantitative estimate of drug-likeness (QED) is 0.346. The summed E-state index contributed by atoms with van der Waals surface area (Å²) in [6.45, 7) is 2.29. The highest BCUT2D eigenvalue weighted by molar-refractivity contribution is 5.85. The van der Waals surface area contributed by atoms with Gasteiger partial charge in [-0.2, -0.15) is 0 Å². The van der Waals surface area contributed by atoms with Crippen LogP contribution in [0.2, 0.25) is 0 Å². The Morgan fingerprint density at radius 3 is 2.00 bits per heavy atom. The van der Waals surface area contributed by atoms with Crippen LogP contribution in [0.15, 0.2) is 12.2 Å². The van der Waals surface area contributed by atoms with E-state index in [1.165, 1.54) is 89.9 Å². The van der Waals surface area contributed by atoms with Crippen LogP contribution in [0, 0.1) is 5.92 Å². The SMILES string of the molecule is CCCCCCCC=CC1CCCCCCCC1.Cl. The first-order valence-corrected chi connectivity index (χ1v) is 8.60. The van der Waals surface area contributed by atoms with Crippen LogP contribution in [0.25, 0.3) is 0 Å². The molecule has 0 saturated heterocycles. The lowest BCUT2D eigenvalue weighted by atomic mass is 9.96. The molecule has 0 unspecified atom stereocenters. The van der Waals surface area contributed by atoms with Gasteiger partial charge in [-0.25, -0.2) is 0 Å². The van der Waals surface area contributed by atoms with Gasteiger partial charge in [0.15, 0.2) is 0 Å². The largest absolute Gasteiger partial charge is 0.147 e. The molecule has 1 saturated carbocycles. The van der Waals surface area contributed by atoms with Crippen molar-refractivity contribution >= 4 is 12.4 Å². The third-order valence-electron chi connectivity index (χ3n) is 4.28. The molecule has 0 aromatic carbocycles. The highest BCUT2D eigenvalue weighted by Crippen LogP contribution is 2.23. The second-order valence-electron chi connectivity index (χ2n) is 6.09. The minimum Gasteiger partial charge on any atom is -0.147 e. The van der Waals surface area contributed by atoms with Crippen molar-refractivity contribution in [1.29, 1.82) is 0 Å². The molecule has 0 radical (unpaired) electrons. The molecule has 0 bridgehead atoms. The topological polar surface area (TPSA) is 0 Å². The monoisotopic (exact) mass is 286 g/mol. The molecule has 0 spiro atoms. The third kappa shape index (κ3) is 11.5. The number of unbranched alkanes of at least 4 members (excludes halogenated alkanes) is 5. The van der Waals surface area contributed by atoms with E-state index in [2.05, 4.69) is 19.1 Å². The van der Waals surface area contributed by atoms with E-state index in [-0.39, 0.29) is 12.4 Å². The van der Waals surface area contributed by atoms with Gasteiger partial charge < -0.3 is 0 Å². The highest BCUT2D eigenvalue weighted by atomic mass is 35.5. The number of hydrogen-bond donors (Lipinski definition) is 0. The molecule has 1 fully saturated rings. The van der Waals surface area contributed by atoms with Gasteiger partial charge in [0.1, 0.15) is 0 Å². The summed E-state index contributed by atoms with van der Waals surface area (Å²) in [5, 5.41) is 0. The van der Waals surface area contributed by atoms with E-state index in [0.29, 0.717) is 0 Å². The molecule has 0 aromatic rings. The summed E-state index contributed by atoms with van der Waals surface area (Å²) < 4.78 is 0. The van der Waals surface area contributed by atoms with Gasteiger partial charge in [0.2, 0.25) is 0 Å². The molecule has 0 aliphatic heterocycles. The maximum absolute atomic E-state index is 2.55. The Kier molecular flexibility index (Phi) is 14.5. The van der Waals surface area contributed by atoms with Crippen molar-refractivity contribution in [2.45, 2.75) is 96.8 Å². The lowest BCUT2D eigenvalue weighted by Crippen LogP contribution is -1.95. The first-order valence-electron chi connectivity index (χ1n) is 8.60. The van der Waals surface area contributed by atoms with Crippen LogP contribution >= 0.6 is 12.4 Å². The minimum atomic E-state index is 0. The molecular formula is C18H35Cl. The van der Waals surface area contributed by atoms with Gasteiger partial charge in [-0.1, -0.05) is 83.3 Å². The molecule has 114 valence electrons. The summed E-state index contributed by atoms with van der Waals surface area (Å²) in [6, 6.07) is 0. The van der Waals surface area contributed by atoms with Crippen LogP contribution < -0.4 is 0 Å². The van der Waals surface area contributed by atoms with Crippen molar-refractivity contribution in [3.05, 3.63) is 12.2 Å². The minimum absolute atomic E-state index is 0. The van der Waals surface area contributed by atoms with Crippen molar-refractivity contribution in [3.63, 3.8) is 0 Å². The van der Waals surface area contributed by atoms with Crippen LogP contribution in [0.4, 0.5) is 0 Å². The predicted molar refractivity (Wildman–Crippen MR) is 90.2 cm³/mol. The zero-order valence-electron chi connectivity index (χ0n) is 13.0. The van der Waals surface area contributed by atoms with E-state index < -0.39 is 0 Å². The molecule has 0 aromatic heterocycles. The normalized spacial score (nSPS) is 18.6. The lowest BCUT2D eigenvalue weighted by molar-refractivity contribution is 0.508. The summed E-state index contributed by atoms with van der Waals surface area (Å²) in [4.78, 5) is 0. The van der Waals surface area contributed by atoms with Crippen LogP contribution in [-0.2, 0) is 0 Å². The Balaban J connectivity index is 0.00000324. The van der Waals surface area contributed by atoms with E-state index in [1.807, 2.05) is 0 Å². The lowest BCUT2D eigenvalue weighted by Gasteiger charge is -2.10. The van der Waals surface area contributed by atoms with E-state index >= 15 is 0 Å². The molecule has 1 rings (SSSR count). The molecule has 0 heterocycles. The van der Waals surface area contributed by atoms with E-state index in [4.69, 9.17) is 0 Å². The number of rotatable bonds is 7. The number of halogens is 1. The summed E-state index contributed by atoms with van der Waals surface area (Å²) in [5.41, 5.74) is 0. The fourth-order valence-electron chi connectivity index (χ4n) is 3.01. The molecule has 0 atom stereocenters. The standard InChI is InChI=1S/C18H34.ClH/c1-2-3-4-5-6-9-12-15-18-16-13-10-7-8-11-14-17-18;/h12,15,18H,2-11,13-14,16-17H2,1H3;1H. The van der Waals surface area contributed by atoms with Crippen LogP contribution in [-0.4, -0.2) is 0 Å². The van der Waals surface area contributed by atoms with Crippen molar-refractivity contribution in [2.24, 2.45) is 5.92 Å². The zero-order valence-corrected chi connectivity index (χ0v) is 13.9. The molecule has 0 nitrogen and oxygen atoms in total. The van der Waals surface area contributed by atoms with Crippen LogP contribution in [0.1, 0.15) is 96.8 Å². The van der Waals surface area contributed by atoms with E-state index in [9.17, 15) is 0 Å². The van der Waals surface area contributed by atoms with Crippen molar-refractivity contribution < 1.29 is 0 Å². The predicted octanol–water partition coefficient (Wildman–Crippen LogP) is 7.08. The van der Waals surface area contributed by atoms with Crippen LogP contribution in [0.5, 0.6) is 0 Å². The molecule has 19 heavy (non-hydrogen) atoms. The highest BCUT2D eigenvalue weighted by Gasteiger charge is 2.06. The summed E-state index contributed by atoms with van der Waals surface area (Å²) in [5.74, 6) is 0.902. The smallest absolute Gasteiger partial charge is 0.0234 e. The molecule has 1 aliphatic rings.